The highest BCUT2D eigenvalue weighted by molar-refractivity contribution is 7.16. The molecule has 0 bridgehead atoms. The zero-order valence-corrected chi connectivity index (χ0v) is 16.1. The highest BCUT2D eigenvalue weighted by atomic mass is 32.1. The first-order chi connectivity index (χ1) is 13.2. The summed E-state index contributed by atoms with van der Waals surface area (Å²) in [6.45, 7) is 1.34. The van der Waals surface area contributed by atoms with Gasteiger partial charge in [0.25, 0.3) is 5.91 Å². The van der Waals surface area contributed by atoms with Gasteiger partial charge < -0.3 is 18.8 Å². The minimum absolute atomic E-state index is 0.178. The zero-order valence-electron chi connectivity index (χ0n) is 14.5. The number of benzene rings is 1. The van der Waals surface area contributed by atoms with Crippen molar-refractivity contribution in [1.82, 2.24) is 4.57 Å². The Balaban J connectivity index is 1.82. The van der Waals surface area contributed by atoms with Crippen LogP contribution in [-0.2, 0) is 16.1 Å². The van der Waals surface area contributed by atoms with Crippen molar-refractivity contribution in [3.05, 3.63) is 39.3 Å². The number of methoxy groups -OCH3 is 1. The first-order valence-electron chi connectivity index (χ1n) is 8.28. The normalized spacial score (nSPS) is 13.7. The molecule has 0 spiro atoms. The molecule has 1 amide bonds. The molecule has 0 saturated carbocycles. The third kappa shape index (κ3) is 3.60. The molecule has 3 heterocycles. The van der Waals surface area contributed by atoms with Gasteiger partial charge in [0, 0.05) is 18.7 Å². The first-order valence-corrected chi connectivity index (χ1v) is 9.97. The smallest absolute Gasteiger partial charge is 0.307 e. The van der Waals surface area contributed by atoms with Crippen LogP contribution in [0.2, 0.25) is 0 Å². The lowest BCUT2D eigenvalue weighted by Gasteiger charge is -2.18. The molecule has 0 atom stereocenters. The summed E-state index contributed by atoms with van der Waals surface area (Å²) >= 11 is 2.72. The fraction of sp³-hybridized carbons (Fsp3) is 0.278. The van der Waals surface area contributed by atoms with E-state index in [0.29, 0.717) is 40.9 Å². The zero-order chi connectivity index (χ0) is 18.8. The number of carbonyl (C=O) groups excluding carboxylic acids is 2. The van der Waals surface area contributed by atoms with Crippen molar-refractivity contribution >= 4 is 44.8 Å². The number of hydrogen-bond donors (Lipinski definition) is 0. The second-order valence-electron chi connectivity index (χ2n) is 5.72. The van der Waals surface area contributed by atoms with Gasteiger partial charge in [-0.3, -0.25) is 9.59 Å². The molecule has 0 radical (unpaired) electrons. The number of aryl methyl sites for hydroxylation is 1. The summed E-state index contributed by atoms with van der Waals surface area (Å²) in [5, 5.41) is 1.84. The molecule has 0 N–H and O–H groups in total. The molecule has 0 fully saturated rings. The van der Waals surface area contributed by atoms with E-state index in [0.717, 1.165) is 10.2 Å². The summed E-state index contributed by atoms with van der Waals surface area (Å²) in [5.41, 5.74) is 0.839. The van der Waals surface area contributed by atoms with Crippen LogP contribution in [0.15, 0.2) is 34.6 Å². The maximum atomic E-state index is 12.5. The van der Waals surface area contributed by atoms with Crippen LogP contribution in [0, 0.1) is 0 Å². The third-order valence-electron chi connectivity index (χ3n) is 4.04. The summed E-state index contributed by atoms with van der Waals surface area (Å²) < 4.78 is 18.8. The Kier molecular flexibility index (Phi) is 4.95. The van der Waals surface area contributed by atoms with Gasteiger partial charge in [-0.05, 0) is 11.4 Å². The standard InChI is InChI=1S/C18H16N2O5S2/c1-23-16(21)4-5-20-11-9-12-13(25-7-6-24-12)10-15(11)27-18(20)19-17(22)14-3-2-8-26-14/h2-3,8-10H,4-7H2,1H3. The molecule has 0 saturated heterocycles. The van der Waals surface area contributed by atoms with Gasteiger partial charge >= 0.3 is 5.97 Å². The number of thiophene rings is 1. The van der Waals surface area contributed by atoms with E-state index in [1.165, 1.54) is 29.8 Å². The van der Waals surface area contributed by atoms with Gasteiger partial charge in [-0.25, -0.2) is 0 Å². The lowest BCUT2D eigenvalue weighted by molar-refractivity contribution is -0.140. The number of esters is 1. The average molecular weight is 404 g/mol. The Morgan fingerprint density at radius 2 is 2.04 bits per heavy atom. The van der Waals surface area contributed by atoms with E-state index in [1.54, 1.807) is 6.07 Å². The molecule has 1 aliphatic heterocycles. The molecular weight excluding hydrogens is 388 g/mol. The van der Waals surface area contributed by atoms with Crippen LogP contribution < -0.4 is 14.3 Å². The van der Waals surface area contributed by atoms with E-state index in [2.05, 4.69) is 4.99 Å². The molecule has 140 valence electrons. The minimum atomic E-state index is -0.324. The maximum absolute atomic E-state index is 12.5. The number of amides is 1. The van der Waals surface area contributed by atoms with Crippen molar-refractivity contribution in [2.45, 2.75) is 13.0 Å². The van der Waals surface area contributed by atoms with Gasteiger partial charge in [-0.2, -0.15) is 4.99 Å². The second-order valence-corrected chi connectivity index (χ2v) is 7.68. The number of ether oxygens (including phenoxy) is 3. The number of rotatable bonds is 4. The largest absolute Gasteiger partial charge is 0.486 e. The van der Waals surface area contributed by atoms with Gasteiger partial charge in [-0.15, -0.1) is 11.3 Å². The monoisotopic (exact) mass is 404 g/mol. The molecule has 0 aliphatic carbocycles. The fourth-order valence-corrected chi connectivity index (χ4v) is 4.43. The van der Waals surface area contributed by atoms with Crippen molar-refractivity contribution < 1.29 is 23.8 Å². The molecule has 27 heavy (non-hydrogen) atoms. The van der Waals surface area contributed by atoms with Crippen molar-refractivity contribution in [2.75, 3.05) is 20.3 Å². The number of aromatic nitrogens is 1. The van der Waals surface area contributed by atoms with Crippen molar-refractivity contribution in [1.29, 1.82) is 0 Å². The van der Waals surface area contributed by atoms with Crippen LogP contribution in [0.5, 0.6) is 11.5 Å². The number of hydrogen-bond acceptors (Lipinski definition) is 7. The topological polar surface area (TPSA) is 79.1 Å². The fourth-order valence-electron chi connectivity index (χ4n) is 2.76. The number of thiazole rings is 1. The van der Waals surface area contributed by atoms with E-state index in [-0.39, 0.29) is 18.3 Å². The summed E-state index contributed by atoms with van der Waals surface area (Å²) in [5.74, 6) is 0.691. The molecule has 4 rings (SSSR count). The molecule has 1 aromatic carbocycles. The summed E-state index contributed by atoms with van der Waals surface area (Å²) in [4.78, 5) is 29.5. The van der Waals surface area contributed by atoms with Crippen LogP contribution in [0.4, 0.5) is 0 Å². The quantitative estimate of drug-likeness (QED) is 0.625. The van der Waals surface area contributed by atoms with Crippen LogP contribution in [0.1, 0.15) is 16.1 Å². The summed E-state index contributed by atoms with van der Waals surface area (Å²) in [6, 6.07) is 7.30. The highest BCUT2D eigenvalue weighted by Crippen LogP contribution is 2.35. The van der Waals surface area contributed by atoms with Gasteiger partial charge in [0.1, 0.15) is 13.2 Å². The number of carbonyl (C=O) groups is 2. The molecular formula is C18H16N2O5S2. The maximum Gasteiger partial charge on any atom is 0.307 e. The predicted octanol–water partition coefficient (Wildman–Crippen LogP) is 2.84. The molecule has 1 aliphatic rings. The first kappa shape index (κ1) is 17.7. The van der Waals surface area contributed by atoms with Crippen LogP contribution in [0.3, 0.4) is 0 Å². The third-order valence-corrected chi connectivity index (χ3v) is 5.94. The molecule has 9 heteroatoms. The van der Waals surface area contributed by atoms with Gasteiger partial charge in [-0.1, -0.05) is 17.4 Å². The Morgan fingerprint density at radius 3 is 2.74 bits per heavy atom. The van der Waals surface area contributed by atoms with E-state index < -0.39 is 0 Å². The Morgan fingerprint density at radius 1 is 1.26 bits per heavy atom. The molecule has 7 nitrogen and oxygen atoms in total. The number of fused-ring (bicyclic) bond motifs is 2. The molecule has 3 aromatic rings. The van der Waals surface area contributed by atoms with Gasteiger partial charge in [0.15, 0.2) is 16.3 Å². The number of nitrogens with zero attached hydrogens (tertiary/aromatic N) is 2. The van der Waals surface area contributed by atoms with Gasteiger partial charge in [0.05, 0.1) is 28.6 Å². The lowest BCUT2D eigenvalue weighted by atomic mass is 10.2. The Bertz CT molecular complexity index is 1070. The van der Waals surface area contributed by atoms with Crippen LogP contribution in [-0.4, -0.2) is 36.8 Å². The summed E-state index contributed by atoms with van der Waals surface area (Å²) in [6.07, 6.45) is 0.178. The van der Waals surface area contributed by atoms with Crippen LogP contribution in [0.25, 0.3) is 10.2 Å². The van der Waals surface area contributed by atoms with Gasteiger partial charge in [0.2, 0.25) is 0 Å². The Labute approximate surface area is 162 Å². The van der Waals surface area contributed by atoms with Crippen LogP contribution >= 0.6 is 22.7 Å². The van der Waals surface area contributed by atoms with E-state index in [4.69, 9.17) is 14.2 Å². The molecule has 2 aromatic heterocycles. The van der Waals surface area contributed by atoms with E-state index in [1.807, 2.05) is 28.1 Å². The summed E-state index contributed by atoms with van der Waals surface area (Å²) in [7, 11) is 1.35. The van der Waals surface area contributed by atoms with Crippen molar-refractivity contribution in [3.8, 4) is 11.5 Å². The van der Waals surface area contributed by atoms with Crippen molar-refractivity contribution in [2.24, 2.45) is 4.99 Å². The SMILES string of the molecule is COC(=O)CCn1c(=NC(=O)c2cccs2)sc2cc3c(cc21)OCCO3. The second kappa shape index (κ2) is 7.53. The minimum Gasteiger partial charge on any atom is -0.486 e. The highest BCUT2D eigenvalue weighted by Gasteiger charge is 2.17. The Hall–Kier alpha value is -2.65. The average Bonchev–Trinajstić information content (AvgIpc) is 3.32. The molecule has 0 unspecified atom stereocenters. The van der Waals surface area contributed by atoms with E-state index in [9.17, 15) is 9.59 Å². The predicted molar refractivity (Wildman–Crippen MR) is 102 cm³/mol. The van der Waals surface area contributed by atoms with E-state index >= 15 is 0 Å². The van der Waals surface area contributed by atoms with Crippen molar-refractivity contribution in [3.63, 3.8) is 0 Å². The lowest BCUT2D eigenvalue weighted by Crippen LogP contribution is -2.19.